The standard InChI is InChI=1S/C17H20N2O2/c1-11(2)15-9-4-6-12(3)16(15)19-17(21)18-13-7-5-8-14(20)10-13/h4-11,20H,1-3H3,(H2,18,19,21). The van der Waals surface area contributed by atoms with Crippen LogP contribution < -0.4 is 10.6 Å². The molecule has 4 nitrogen and oxygen atoms in total. The van der Waals surface area contributed by atoms with Crippen molar-refractivity contribution >= 4 is 17.4 Å². The van der Waals surface area contributed by atoms with Gasteiger partial charge in [-0.2, -0.15) is 0 Å². The number of amides is 2. The van der Waals surface area contributed by atoms with Crippen LogP contribution in [0.2, 0.25) is 0 Å². The third-order valence-corrected chi connectivity index (χ3v) is 3.27. The third kappa shape index (κ3) is 3.75. The highest BCUT2D eigenvalue weighted by molar-refractivity contribution is 6.00. The molecule has 0 saturated carbocycles. The number of anilines is 2. The summed E-state index contributed by atoms with van der Waals surface area (Å²) < 4.78 is 0. The number of para-hydroxylation sites is 1. The first-order valence-electron chi connectivity index (χ1n) is 6.94. The van der Waals surface area contributed by atoms with Gasteiger partial charge in [-0.05, 0) is 36.1 Å². The molecule has 0 unspecified atom stereocenters. The first-order valence-corrected chi connectivity index (χ1v) is 6.94. The SMILES string of the molecule is Cc1cccc(C(C)C)c1NC(=O)Nc1cccc(O)c1. The predicted octanol–water partition coefficient (Wildman–Crippen LogP) is 4.47. The van der Waals surface area contributed by atoms with E-state index in [1.54, 1.807) is 18.2 Å². The second-order valence-electron chi connectivity index (χ2n) is 5.32. The number of urea groups is 1. The van der Waals surface area contributed by atoms with E-state index in [1.807, 2.05) is 25.1 Å². The van der Waals surface area contributed by atoms with Gasteiger partial charge in [0.2, 0.25) is 0 Å². The minimum atomic E-state index is -0.322. The van der Waals surface area contributed by atoms with Gasteiger partial charge in [0.25, 0.3) is 0 Å². The molecule has 2 aromatic rings. The Labute approximate surface area is 124 Å². The van der Waals surface area contributed by atoms with E-state index in [9.17, 15) is 9.90 Å². The minimum Gasteiger partial charge on any atom is -0.508 e. The van der Waals surface area contributed by atoms with Gasteiger partial charge in [-0.1, -0.05) is 38.1 Å². The van der Waals surface area contributed by atoms with Gasteiger partial charge in [0.15, 0.2) is 0 Å². The molecule has 3 N–H and O–H groups in total. The van der Waals surface area contributed by atoms with E-state index >= 15 is 0 Å². The van der Waals surface area contributed by atoms with Crippen LogP contribution in [0.4, 0.5) is 16.2 Å². The quantitative estimate of drug-likeness (QED) is 0.778. The van der Waals surface area contributed by atoms with Crippen molar-refractivity contribution in [1.29, 1.82) is 0 Å². The summed E-state index contributed by atoms with van der Waals surface area (Å²) in [4.78, 5) is 12.1. The molecule has 0 fully saturated rings. The molecule has 2 aromatic carbocycles. The lowest BCUT2D eigenvalue weighted by molar-refractivity contribution is 0.262. The van der Waals surface area contributed by atoms with Crippen molar-refractivity contribution < 1.29 is 9.90 Å². The van der Waals surface area contributed by atoms with Gasteiger partial charge in [0.1, 0.15) is 5.75 Å². The van der Waals surface area contributed by atoms with E-state index in [4.69, 9.17) is 0 Å². The molecule has 0 aliphatic carbocycles. The van der Waals surface area contributed by atoms with Gasteiger partial charge in [0, 0.05) is 17.4 Å². The van der Waals surface area contributed by atoms with Gasteiger partial charge in [-0.3, -0.25) is 0 Å². The van der Waals surface area contributed by atoms with Crippen LogP contribution in [0.1, 0.15) is 30.9 Å². The fourth-order valence-corrected chi connectivity index (χ4v) is 2.20. The normalized spacial score (nSPS) is 10.5. The molecule has 0 saturated heterocycles. The zero-order chi connectivity index (χ0) is 15.4. The first-order chi connectivity index (χ1) is 9.97. The number of aryl methyl sites for hydroxylation is 1. The maximum absolute atomic E-state index is 12.1. The van der Waals surface area contributed by atoms with E-state index in [2.05, 4.69) is 24.5 Å². The van der Waals surface area contributed by atoms with Crippen LogP contribution in [-0.2, 0) is 0 Å². The van der Waals surface area contributed by atoms with Crippen LogP contribution in [0, 0.1) is 6.92 Å². The molecule has 0 bridgehead atoms. The van der Waals surface area contributed by atoms with Crippen molar-refractivity contribution in [3.63, 3.8) is 0 Å². The highest BCUT2D eigenvalue weighted by atomic mass is 16.3. The van der Waals surface area contributed by atoms with Crippen LogP contribution in [0.15, 0.2) is 42.5 Å². The molecule has 0 atom stereocenters. The Morgan fingerprint density at radius 2 is 1.81 bits per heavy atom. The first kappa shape index (κ1) is 14.9. The summed E-state index contributed by atoms with van der Waals surface area (Å²) >= 11 is 0. The molecule has 4 heteroatoms. The van der Waals surface area contributed by atoms with Gasteiger partial charge in [0.05, 0.1) is 0 Å². The Kier molecular flexibility index (Phi) is 4.48. The van der Waals surface area contributed by atoms with E-state index in [0.29, 0.717) is 11.6 Å². The van der Waals surface area contributed by atoms with Gasteiger partial charge >= 0.3 is 6.03 Å². The molecule has 2 rings (SSSR count). The van der Waals surface area contributed by atoms with E-state index in [-0.39, 0.29) is 11.8 Å². The molecule has 2 amide bonds. The number of benzene rings is 2. The van der Waals surface area contributed by atoms with Crippen LogP contribution in [0.5, 0.6) is 5.75 Å². The number of hydrogen-bond acceptors (Lipinski definition) is 2. The average Bonchev–Trinajstić information content (AvgIpc) is 2.40. The van der Waals surface area contributed by atoms with E-state index in [0.717, 1.165) is 16.8 Å². The van der Waals surface area contributed by atoms with Crippen molar-refractivity contribution in [3.8, 4) is 5.75 Å². The molecular formula is C17H20N2O2. The average molecular weight is 284 g/mol. The fraction of sp³-hybridized carbons (Fsp3) is 0.235. The Hall–Kier alpha value is -2.49. The molecule has 0 aliphatic heterocycles. The number of carbonyl (C=O) groups is 1. The van der Waals surface area contributed by atoms with E-state index in [1.165, 1.54) is 6.07 Å². The summed E-state index contributed by atoms with van der Waals surface area (Å²) in [7, 11) is 0. The molecule has 0 heterocycles. The topological polar surface area (TPSA) is 61.4 Å². The van der Waals surface area contributed by atoms with Crippen LogP contribution in [0.25, 0.3) is 0 Å². The maximum atomic E-state index is 12.1. The van der Waals surface area contributed by atoms with Crippen molar-refractivity contribution in [2.45, 2.75) is 26.7 Å². The summed E-state index contributed by atoms with van der Waals surface area (Å²) in [6, 6.07) is 12.1. The van der Waals surface area contributed by atoms with Crippen LogP contribution in [0.3, 0.4) is 0 Å². The second-order valence-corrected chi connectivity index (χ2v) is 5.32. The van der Waals surface area contributed by atoms with Gasteiger partial charge < -0.3 is 15.7 Å². The lowest BCUT2D eigenvalue weighted by atomic mass is 9.98. The molecule has 110 valence electrons. The lowest BCUT2D eigenvalue weighted by Crippen LogP contribution is -2.21. The van der Waals surface area contributed by atoms with Crippen LogP contribution in [-0.4, -0.2) is 11.1 Å². The number of phenols is 1. The zero-order valence-corrected chi connectivity index (χ0v) is 12.5. The number of aromatic hydroxyl groups is 1. The molecule has 0 aliphatic rings. The number of hydrogen-bond donors (Lipinski definition) is 3. The summed E-state index contributed by atoms with van der Waals surface area (Å²) in [6.07, 6.45) is 0. The monoisotopic (exact) mass is 284 g/mol. The lowest BCUT2D eigenvalue weighted by Gasteiger charge is -2.16. The summed E-state index contributed by atoms with van der Waals surface area (Å²) in [5.74, 6) is 0.438. The van der Waals surface area contributed by atoms with E-state index < -0.39 is 0 Å². The Bertz CT molecular complexity index is 651. The highest BCUT2D eigenvalue weighted by Gasteiger charge is 2.12. The Morgan fingerprint density at radius 1 is 1.10 bits per heavy atom. The summed E-state index contributed by atoms with van der Waals surface area (Å²) in [6.45, 7) is 6.15. The number of phenolic OH excluding ortho intramolecular Hbond substituents is 1. The zero-order valence-electron chi connectivity index (χ0n) is 12.5. The highest BCUT2D eigenvalue weighted by Crippen LogP contribution is 2.27. The maximum Gasteiger partial charge on any atom is 0.323 e. The number of rotatable bonds is 3. The largest absolute Gasteiger partial charge is 0.508 e. The molecule has 0 aromatic heterocycles. The molecule has 21 heavy (non-hydrogen) atoms. The molecular weight excluding hydrogens is 264 g/mol. The second kappa shape index (κ2) is 6.31. The summed E-state index contributed by atoms with van der Waals surface area (Å²) in [5, 5.41) is 15.0. The molecule has 0 radical (unpaired) electrons. The summed E-state index contributed by atoms with van der Waals surface area (Å²) in [5.41, 5.74) is 3.51. The Balaban J connectivity index is 2.17. The van der Waals surface area contributed by atoms with Crippen molar-refractivity contribution in [1.82, 2.24) is 0 Å². The third-order valence-electron chi connectivity index (χ3n) is 3.27. The van der Waals surface area contributed by atoms with Crippen molar-refractivity contribution in [2.24, 2.45) is 0 Å². The predicted molar refractivity (Wildman–Crippen MR) is 86.0 cm³/mol. The number of carbonyl (C=O) groups excluding carboxylic acids is 1. The van der Waals surface area contributed by atoms with Crippen molar-refractivity contribution in [3.05, 3.63) is 53.6 Å². The number of nitrogens with one attached hydrogen (secondary N) is 2. The fourth-order valence-electron chi connectivity index (χ4n) is 2.20. The Morgan fingerprint density at radius 3 is 2.48 bits per heavy atom. The van der Waals surface area contributed by atoms with Gasteiger partial charge in [-0.25, -0.2) is 4.79 Å². The van der Waals surface area contributed by atoms with Crippen molar-refractivity contribution in [2.75, 3.05) is 10.6 Å². The van der Waals surface area contributed by atoms with Crippen LogP contribution >= 0.6 is 0 Å². The minimum absolute atomic E-state index is 0.117. The molecule has 0 spiro atoms. The van der Waals surface area contributed by atoms with Gasteiger partial charge in [-0.15, -0.1) is 0 Å². The smallest absolute Gasteiger partial charge is 0.323 e.